The summed E-state index contributed by atoms with van der Waals surface area (Å²) in [6.45, 7) is 5.85. The molecule has 0 aliphatic carbocycles. The fourth-order valence-corrected chi connectivity index (χ4v) is 3.75. The van der Waals surface area contributed by atoms with E-state index < -0.39 is 0 Å². The first kappa shape index (κ1) is 17.8. The number of hydrogen-bond donors (Lipinski definition) is 1. The number of fused-ring (bicyclic) bond motifs is 1. The minimum Gasteiger partial charge on any atom is -0.461 e. The highest BCUT2D eigenvalue weighted by molar-refractivity contribution is 5.57. The number of piperazine rings is 1. The Morgan fingerprint density at radius 3 is 2.41 bits per heavy atom. The lowest BCUT2D eigenvalue weighted by Gasteiger charge is -2.34. The molecule has 1 aliphatic heterocycles. The van der Waals surface area contributed by atoms with E-state index in [2.05, 4.69) is 55.2 Å². The summed E-state index contributed by atoms with van der Waals surface area (Å²) in [6.07, 6.45) is 3.42. The van der Waals surface area contributed by atoms with E-state index in [-0.39, 0.29) is 0 Å². The van der Waals surface area contributed by atoms with Gasteiger partial charge < -0.3 is 10.2 Å². The van der Waals surface area contributed by atoms with Gasteiger partial charge >= 0.3 is 0 Å². The Kier molecular flexibility index (Phi) is 4.71. The molecule has 0 atom stereocenters. The summed E-state index contributed by atoms with van der Waals surface area (Å²) < 4.78 is 7.02. The van der Waals surface area contributed by atoms with E-state index in [0.29, 0.717) is 17.5 Å². The van der Waals surface area contributed by atoms with E-state index in [4.69, 9.17) is 10.2 Å². The van der Waals surface area contributed by atoms with Crippen molar-refractivity contribution in [2.45, 2.75) is 13.1 Å². The van der Waals surface area contributed by atoms with Gasteiger partial charge in [0, 0.05) is 51.0 Å². The highest BCUT2D eigenvalue weighted by Gasteiger charge is 2.20. The Labute approximate surface area is 168 Å². The minimum atomic E-state index is 0.321. The molecule has 5 rings (SSSR count). The number of nitrogens with zero attached hydrogens (tertiary/aromatic N) is 6. The summed E-state index contributed by atoms with van der Waals surface area (Å²) in [4.78, 5) is 13.9. The molecule has 29 heavy (non-hydrogen) atoms. The second-order valence-electron chi connectivity index (χ2n) is 7.33. The maximum Gasteiger partial charge on any atom is 0.223 e. The number of nitrogen functional groups attached to an aromatic ring is 1. The molecule has 0 radical (unpaired) electrons. The average molecular weight is 389 g/mol. The van der Waals surface area contributed by atoms with Gasteiger partial charge in [0.05, 0.1) is 6.26 Å². The Bertz CT molecular complexity index is 1080. The van der Waals surface area contributed by atoms with Crippen LogP contribution in [-0.2, 0) is 13.1 Å². The molecule has 1 fully saturated rings. The van der Waals surface area contributed by atoms with Crippen LogP contribution in [0.5, 0.6) is 0 Å². The van der Waals surface area contributed by atoms with Crippen LogP contribution in [0.1, 0.15) is 11.1 Å². The molecule has 2 N–H and O–H groups in total. The normalized spacial score (nSPS) is 15.9. The molecule has 0 unspecified atom stereocenters. The number of aromatic nitrogens is 4. The average Bonchev–Trinajstić information content (AvgIpc) is 3.43. The van der Waals surface area contributed by atoms with Gasteiger partial charge in [-0.15, -0.1) is 5.10 Å². The van der Waals surface area contributed by atoms with Crippen LogP contribution in [0.3, 0.4) is 0 Å². The molecular formula is C21H23N7O. The van der Waals surface area contributed by atoms with Crippen molar-refractivity contribution < 1.29 is 4.42 Å². The van der Waals surface area contributed by atoms with E-state index in [1.165, 1.54) is 5.56 Å². The molecule has 1 aromatic carbocycles. The van der Waals surface area contributed by atoms with Crippen molar-refractivity contribution in [1.82, 2.24) is 29.4 Å². The largest absolute Gasteiger partial charge is 0.461 e. The summed E-state index contributed by atoms with van der Waals surface area (Å²) in [5.74, 6) is 1.46. The second kappa shape index (κ2) is 7.65. The topological polar surface area (TPSA) is 88.7 Å². The third kappa shape index (κ3) is 3.72. The van der Waals surface area contributed by atoms with Crippen molar-refractivity contribution in [3.8, 4) is 11.6 Å². The van der Waals surface area contributed by atoms with Gasteiger partial charge in [-0.05, 0) is 17.7 Å². The van der Waals surface area contributed by atoms with Gasteiger partial charge in [-0.25, -0.2) is 9.97 Å². The summed E-state index contributed by atoms with van der Waals surface area (Å²) in [5.41, 5.74) is 9.12. The van der Waals surface area contributed by atoms with Crippen LogP contribution >= 0.6 is 0 Å². The predicted octanol–water partition coefficient (Wildman–Crippen LogP) is 2.28. The van der Waals surface area contributed by atoms with E-state index in [1.807, 2.05) is 18.3 Å². The molecule has 0 saturated carbocycles. The highest BCUT2D eigenvalue weighted by Crippen LogP contribution is 2.21. The number of anilines is 1. The van der Waals surface area contributed by atoms with E-state index in [1.54, 1.807) is 10.8 Å². The molecule has 8 heteroatoms. The third-order valence-corrected chi connectivity index (χ3v) is 5.31. The molecule has 4 heterocycles. The van der Waals surface area contributed by atoms with Gasteiger partial charge in [-0.1, -0.05) is 30.3 Å². The van der Waals surface area contributed by atoms with Crippen molar-refractivity contribution in [2.75, 3.05) is 31.9 Å². The summed E-state index contributed by atoms with van der Waals surface area (Å²) in [7, 11) is 0. The fourth-order valence-electron chi connectivity index (χ4n) is 3.75. The van der Waals surface area contributed by atoms with Crippen LogP contribution in [0.15, 0.2) is 59.3 Å². The number of nitrogens with two attached hydrogens (primary N) is 1. The summed E-state index contributed by atoms with van der Waals surface area (Å²) >= 11 is 0. The van der Waals surface area contributed by atoms with Crippen molar-refractivity contribution >= 4 is 11.6 Å². The van der Waals surface area contributed by atoms with Gasteiger partial charge in [-0.2, -0.15) is 4.52 Å². The predicted molar refractivity (Wildman–Crippen MR) is 110 cm³/mol. The van der Waals surface area contributed by atoms with E-state index in [9.17, 15) is 0 Å². The van der Waals surface area contributed by atoms with Crippen LogP contribution in [0.25, 0.3) is 17.2 Å². The first-order valence-electron chi connectivity index (χ1n) is 9.79. The molecule has 1 aliphatic rings. The lowest BCUT2D eigenvalue weighted by Crippen LogP contribution is -2.45. The minimum absolute atomic E-state index is 0.321. The summed E-state index contributed by atoms with van der Waals surface area (Å²) in [5, 5.41) is 4.46. The van der Waals surface area contributed by atoms with Gasteiger partial charge in [0.1, 0.15) is 0 Å². The third-order valence-electron chi connectivity index (χ3n) is 5.31. The SMILES string of the molecule is Nc1ncc(CN2CCN(Cc3ccccc3)CC2)c2nc(-c3ccco3)nn12. The Balaban J connectivity index is 1.29. The molecule has 0 amide bonds. The number of furan rings is 1. The molecule has 148 valence electrons. The van der Waals surface area contributed by atoms with Gasteiger partial charge in [-0.3, -0.25) is 9.80 Å². The lowest BCUT2D eigenvalue weighted by molar-refractivity contribution is 0.122. The molecule has 0 spiro atoms. The van der Waals surface area contributed by atoms with Gasteiger partial charge in [0.25, 0.3) is 0 Å². The first-order valence-corrected chi connectivity index (χ1v) is 9.79. The molecule has 8 nitrogen and oxygen atoms in total. The Morgan fingerprint density at radius 1 is 0.931 bits per heavy atom. The van der Waals surface area contributed by atoms with Crippen LogP contribution in [0.4, 0.5) is 5.95 Å². The number of rotatable bonds is 5. The van der Waals surface area contributed by atoms with Gasteiger partial charge in [0.15, 0.2) is 11.4 Å². The maximum atomic E-state index is 6.01. The van der Waals surface area contributed by atoms with Crippen molar-refractivity contribution in [1.29, 1.82) is 0 Å². The van der Waals surface area contributed by atoms with E-state index in [0.717, 1.165) is 50.5 Å². The Hall–Kier alpha value is -3.23. The fraction of sp³-hybridized carbons (Fsp3) is 0.286. The monoisotopic (exact) mass is 389 g/mol. The standard InChI is InChI=1S/C21H23N7O/c22-21-23-13-17(20-24-19(25-28(20)21)18-7-4-12-29-18)15-27-10-8-26(9-11-27)14-16-5-2-1-3-6-16/h1-7,12-13H,8-11,14-15H2,(H2,22,23). The number of hydrogen-bond acceptors (Lipinski definition) is 7. The first-order chi connectivity index (χ1) is 14.3. The van der Waals surface area contributed by atoms with Gasteiger partial charge in [0.2, 0.25) is 11.8 Å². The molecular weight excluding hydrogens is 366 g/mol. The van der Waals surface area contributed by atoms with Crippen LogP contribution in [0, 0.1) is 0 Å². The highest BCUT2D eigenvalue weighted by atomic mass is 16.3. The lowest BCUT2D eigenvalue weighted by atomic mass is 10.2. The zero-order valence-electron chi connectivity index (χ0n) is 16.1. The molecule has 3 aromatic heterocycles. The molecule has 0 bridgehead atoms. The maximum absolute atomic E-state index is 6.01. The second-order valence-corrected chi connectivity index (χ2v) is 7.33. The summed E-state index contributed by atoms with van der Waals surface area (Å²) in [6, 6.07) is 14.3. The smallest absolute Gasteiger partial charge is 0.223 e. The number of benzene rings is 1. The van der Waals surface area contributed by atoms with E-state index >= 15 is 0 Å². The molecule has 4 aromatic rings. The quantitative estimate of drug-likeness (QED) is 0.560. The molecule has 1 saturated heterocycles. The zero-order chi connectivity index (χ0) is 19.6. The Morgan fingerprint density at radius 2 is 1.69 bits per heavy atom. The zero-order valence-corrected chi connectivity index (χ0v) is 16.1. The van der Waals surface area contributed by atoms with Crippen LogP contribution in [-0.4, -0.2) is 55.6 Å². The van der Waals surface area contributed by atoms with Crippen molar-refractivity contribution in [2.24, 2.45) is 0 Å². The van der Waals surface area contributed by atoms with Crippen LogP contribution < -0.4 is 5.73 Å². The van der Waals surface area contributed by atoms with Crippen molar-refractivity contribution in [3.05, 3.63) is 66.1 Å². The van der Waals surface area contributed by atoms with Crippen molar-refractivity contribution in [3.63, 3.8) is 0 Å². The van der Waals surface area contributed by atoms with Crippen LogP contribution in [0.2, 0.25) is 0 Å².